The van der Waals surface area contributed by atoms with Crippen LogP contribution in [0.2, 0.25) is 5.02 Å². The zero-order valence-electron chi connectivity index (χ0n) is 15.5. The molecule has 0 fully saturated rings. The maximum Gasteiger partial charge on any atom is 0.417 e. The van der Waals surface area contributed by atoms with E-state index >= 15 is 0 Å². The fraction of sp³-hybridized carbons (Fsp3) is 0.263. The molecular formula is C19H14ClF4N5O. The first-order valence-electron chi connectivity index (χ1n) is 8.91. The number of nitrogens with zero attached hydrogens (tertiary/aromatic N) is 5. The highest BCUT2D eigenvalue weighted by molar-refractivity contribution is 6.34. The van der Waals surface area contributed by atoms with E-state index < -0.39 is 34.5 Å². The zero-order chi connectivity index (χ0) is 21.6. The number of amides is 1. The van der Waals surface area contributed by atoms with Gasteiger partial charge in [0.1, 0.15) is 11.5 Å². The summed E-state index contributed by atoms with van der Waals surface area (Å²) in [6.45, 7) is 1.89. The van der Waals surface area contributed by atoms with Crippen LogP contribution in [0.25, 0.3) is 5.82 Å². The summed E-state index contributed by atoms with van der Waals surface area (Å²) in [7, 11) is 0. The third-order valence-electron chi connectivity index (χ3n) is 4.97. The second-order valence-electron chi connectivity index (χ2n) is 6.75. The van der Waals surface area contributed by atoms with Crippen molar-refractivity contribution >= 4 is 17.5 Å². The number of hydrogen-bond acceptors (Lipinski definition) is 4. The number of hydrogen-bond donors (Lipinski definition) is 0. The molecule has 0 spiro atoms. The maximum atomic E-state index is 13.5. The van der Waals surface area contributed by atoms with Crippen molar-refractivity contribution in [2.45, 2.75) is 25.6 Å². The smallest absolute Gasteiger partial charge is 0.330 e. The van der Waals surface area contributed by atoms with Crippen molar-refractivity contribution in [3.8, 4) is 5.82 Å². The van der Waals surface area contributed by atoms with Crippen LogP contribution in [-0.2, 0) is 12.6 Å². The number of fused-ring (bicyclic) bond motifs is 1. The quantitative estimate of drug-likeness (QED) is 0.560. The van der Waals surface area contributed by atoms with Gasteiger partial charge >= 0.3 is 6.18 Å². The highest BCUT2D eigenvalue weighted by atomic mass is 35.5. The van der Waals surface area contributed by atoms with Gasteiger partial charge in [-0.05, 0) is 25.1 Å². The molecule has 30 heavy (non-hydrogen) atoms. The van der Waals surface area contributed by atoms with Crippen molar-refractivity contribution in [1.29, 1.82) is 0 Å². The number of benzene rings is 1. The number of aromatic nitrogens is 4. The molecule has 1 amide bonds. The van der Waals surface area contributed by atoms with Crippen LogP contribution >= 0.6 is 11.6 Å². The van der Waals surface area contributed by atoms with E-state index in [0.29, 0.717) is 17.8 Å². The Bertz CT molecular complexity index is 1130. The summed E-state index contributed by atoms with van der Waals surface area (Å²) in [5, 5.41) is 7.47. The Hall–Kier alpha value is -3.01. The van der Waals surface area contributed by atoms with Crippen LogP contribution in [0.15, 0.2) is 36.5 Å². The Morgan fingerprint density at radius 3 is 2.73 bits per heavy atom. The third kappa shape index (κ3) is 3.41. The predicted molar refractivity (Wildman–Crippen MR) is 98.7 cm³/mol. The van der Waals surface area contributed by atoms with Gasteiger partial charge in [-0.15, -0.1) is 5.10 Å². The molecule has 0 saturated heterocycles. The van der Waals surface area contributed by atoms with E-state index in [1.165, 1.54) is 34.0 Å². The number of rotatable bonds is 2. The van der Waals surface area contributed by atoms with Gasteiger partial charge in [-0.1, -0.05) is 22.9 Å². The van der Waals surface area contributed by atoms with Gasteiger partial charge < -0.3 is 4.90 Å². The monoisotopic (exact) mass is 439 g/mol. The van der Waals surface area contributed by atoms with Crippen LogP contribution < -0.4 is 0 Å². The average molecular weight is 440 g/mol. The molecule has 0 N–H and O–H groups in total. The standard InChI is InChI=1S/C19H14ClF4N5O/c1-10-17-14(29(27-26-17)15-9-11(21)5-7-25-15)6-8-28(10)18(30)12-3-2-4-13(16(12)20)19(22,23)24/h2-5,7,9-10H,6,8H2,1H3. The second kappa shape index (κ2) is 7.35. The molecule has 0 radical (unpaired) electrons. The Balaban J connectivity index is 1.67. The molecule has 3 heterocycles. The SMILES string of the molecule is CC1c2nnn(-c3cc(F)ccn3)c2CCN1C(=O)c1cccc(C(F)(F)F)c1Cl. The Morgan fingerprint density at radius 1 is 1.27 bits per heavy atom. The van der Waals surface area contributed by atoms with E-state index in [9.17, 15) is 22.4 Å². The van der Waals surface area contributed by atoms with Crippen molar-refractivity contribution in [1.82, 2.24) is 24.9 Å². The number of carbonyl (C=O) groups excluding carboxylic acids is 1. The summed E-state index contributed by atoms with van der Waals surface area (Å²) in [6, 6.07) is 5.07. The molecule has 1 atom stereocenters. The Morgan fingerprint density at radius 2 is 2.03 bits per heavy atom. The van der Waals surface area contributed by atoms with E-state index in [0.717, 1.165) is 12.1 Å². The van der Waals surface area contributed by atoms with Gasteiger partial charge in [0, 0.05) is 25.2 Å². The molecule has 1 aliphatic rings. The van der Waals surface area contributed by atoms with Gasteiger partial charge in [-0.25, -0.2) is 9.37 Å². The van der Waals surface area contributed by atoms with E-state index in [2.05, 4.69) is 15.3 Å². The molecule has 4 rings (SSSR count). The number of pyridine rings is 1. The second-order valence-corrected chi connectivity index (χ2v) is 7.13. The minimum Gasteiger partial charge on any atom is -0.330 e. The lowest BCUT2D eigenvalue weighted by Gasteiger charge is -2.33. The molecule has 0 saturated carbocycles. The Kier molecular flexibility index (Phi) is 4.97. The van der Waals surface area contributed by atoms with Gasteiger partial charge in [0.25, 0.3) is 5.91 Å². The van der Waals surface area contributed by atoms with Crippen LogP contribution in [0.3, 0.4) is 0 Å². The largest absolute Gasteiger partial charge is 0.417 e. The van der Waals surface area contributed by atoms with Crippen molar-refractivity contribution in [2.75, 3.05) is 6.54 Å². The van der Waals surface area contributed by atoms with Gasteiger partial charge in [-0.3, -0.25) is 4.79 Å². The van der Waals surface area contributed by atoms with E-state index in [1.807, 2.05) is 0 Å². The molecule has 0 bridgehead atoms. The highest BCUT2D eigenvalue weighted by Crippen LogP contribution is 2.38. The minimum atomic E-state index is -4.67. The Labute approximate surface area is 173 Å². The normalized spacial score (nSPS) is 16.5. The fourth-order valence-corrected chi connectivity index (χ4v) is 3.80. The lowest BCUT2D eigenvalue weighted by atomic mass is 10.0. The zero-order valence-corrected chi connectivity index (χ0v) is 16.2. The third-order valence-corrected chi connectivity index (χ3v) is 5.37. The molecule has 11 heteroatoms. The van der Waals surface area contributed by atoms with Crippen molar-refractivity contribution in [3.63, 3.8) is 0 Å². The van der Waals surface area contributed by atoms with Gasteiger partial charge in [0.2, 0.25) is 0 Å². The first-order valence-corrected chi connectivity index (χ1v) is 9.29. The average Bonchev–Trinajstić information content (AvgIpc) is 3.12. The minimum absolute atomic E-state index is 0.197. The molecule has 156 valence electrons. The predicted octanol–water partition coefficient (Wildman–Crippen LogP) is 4.23. The molecule has 3 aromatic rings. The maximum absolute atomic E-state index is 13.5. The molecule has 0 aliphatic carbocycles. The summed E-state index contributed by atoms with van der Waals surface area (Å²) in [5.74, 6) is -0.872. The summed E-state index contributed by atoms with van der Waals surface area (Å²) in [6.07, 6.45) is -3.06. The van der Waals surface area contributed by atoms with Crippen LogP contribution in [0, 0.1) is 5.82 Å². The number of halogens is 5. The lowest BCUT2D eigenvalue weighted by Crippen LogP contribution is -2.39. The lowest BCUT2D eigenvalue weighted by molar-refractivity contribution is -0.137. The van der Waals surface area contributed by atoms with Crippen LogP contribution in [-0.4, -0.2) is 37.3 Å². The molecule has 2 aromatic heterocycles. The van der Waals surface area contributed by atoms with E-state index in [-0.39, 0.29) is 17.9 Å². The molecule has 1 aliphatic heterocycles. The van der Waals surface area contributed by atoms with Crippen LogP contribution in [0.1, 0.15) is 40.3 Å². The van der Waals surface area contributed by atoms with Crippen LogP contribution in [0.5, 0.6) is 0 Å². The van der Waals surface area contributed by atoms with Crippen molar-refractivity contribution in [2.24, 2.45) is 0 Å². The highest BCUT2D eigenvalue weighted by Gasteiger charge is 2.37. The molecule has 1 aromatic carbocycles. The number of carbonyl (C=O) groups is 1. The molecule has 1 unspecified atom stereocenters. The van der Waals surface area contributed by atoms with E-state index in [4.69, 9.17) is 11.6 Å². The van der Waals surface area contributed by atoms with Gasteiger partial charge in [-0.2, -0.15) is 17.9 Å². The molecule has 6 nitrogen and oxygen atoms in total. The first-order chi connectivity index (χ1) is 14.2. The van der Waals surface area contributed by atoms with Gasteiger partial charge in [0.15, 0.2) is 5.82 Å². The summed E-state index contributed by atoms with van der Waals surface area (Å²) in [4.78, 5) is 18.5. The van der Waals surface area contributed by atoms with E-state index in [1.54, 1.807) is 6.92 Å². The van der Waals surface area contributed by atoms with Crippen molar-refractivity contribution < 1.29 is 22.4 Å². The first kappa shape index (κ1) is 20.3. The van der Waals surface area contributed by atoms with Crippen molar-refractivity contribution in [3.05, 3.63) is 69.9 Å². The summed E-state index contributed by atoms with van der Waals surface area (Å²) in [5.41, 5.74) is -0.187. The van der Waals surface area contributed by atoms with Gasteiger partial charge in [0.05, 0.1) is 27.9 Å². The number of alkyl halides is 3. The molecular weight excluding hydrogens is 426 g/mol. The fourth-order valence-electron chi connectivity index (χ4n) is 3.48. The summed E-state index contributed by atoms with van der Waals surface area (Å²) >= 11 is 5.91. The summed E-state index contributed by atoms with van der Waals surface area (Å²) < 4.78 is 54.3. The topological polar surface area (TPSA) is 63.9 Å². The van der Waals surface area contributed by atoms with Crippen LogP contribution in [0.4, 0.5) is 17.6 Å².